The van der Waals surface area contributed by atoms with Gasteiger partial charge in [0.2, 0.25) is 0 Å². The highest BCUT2D eigenvalue weighted by Gasteiger charge is 2.23. The molecular formula is C22H20O2. The molecule has 0 bridgehead atoms. The monoisotopic (exact) mass is 316 g/mol. The van der Waals surface area contributed by atoms with Crippen molar-refractivity contribution in [3.63, 3.8) is 0 Å². The molecule has 0 saturated carbocycles. The van der Waals surface area contributed by atoms with Gasteiger partial charge in [0.1, 0.15) is 11.9 Å². The normalized spacial score (nSPS) is 15.8. The number of aliphatic hydroxyl groups is 1. The number of fused-ring (bicyclic) bond motifs is 1. The Hall–Kier alpha value is -2.58. The van der Waals surface area contributed by atoms with Crippen molar-refractivity contribution in [2.75, 3.05) is 0 Å². The molecule has 3 aromatic carbocycles. The van der Waals surface area contributed by atoms with Gasteiger partial charge in [-0.3, -0.25) is 0 Å². The largest absolute Gasteiger partial charge is 0.489 e. The molecular weight excluding hydrogens is 296 g/mol. The van der Waals surface area contributed by atoms with Gasteiger partial charge in [0.25, 0.3) is 0 Å². The standard InChI is InChI=1S/C22H20O2/c23-15-17-6-8-18(9-7-17)19-10-11-22-20(13-19)14-21(24-22)12-16-4-2-1-3-5-16/h1-11,13,21,23H,12,14-15H2. The Labute approximate surface area is 142 Å². The zero-order valence-corrected chi connectivity index (χ0v) is 13.5. The second-order valence-electron chi connectivity index (χ2n) is 6.31. The van der Waals surface area contributed by atoms with Gasteiger partial charge in [0.05, 0.1) is 6.61 Å². The van der Waals surface area contributed by atoms with Gasteiger partial charge in [-0.15, -0.1) is 0 Å². The second kappa shape index (κ2) is 6.50. The van der Waals surface area contributed by atoms with E-state index in [4.69, 9.17) is 9.84 Å². The number of ether oxygens (including phenoxy) is 1. The third-order valence-electron chi connectivity index (χ3n) is 4.58. The van der Waals surface area contributed by atoms with Crippen molar-refractivity contribution in [2.45, 2.75) is 25.6 Å². The Balaban J connectivity index is 1.52. The van der Waals surface area contributed by atoms with Crippen molar-refractivity contribution in [1.29, 1.82) is 0 Å². The van der Waals surface area contributed by atoms with Gasteiger partial charge >= 0.3 is 0 Å². The molecule has 4 rings (SSSR count). The van der Waals surface area contributed by atoms with Crippen molar-refractivity contribution in [2.24, 2.45) is 0 Å². The smallest absolute Gasteiger partial charge is 0.123 e. The maximum atomic E-state index is 9.16. The Morgan fingerprint density at radius 1 is 0.833 bits per heavy atom. The van der Waals surface area contributed by atoms with Crippen molar-refractivity contribution >= 4 is 0 Å². The van der Waals surface area contributed by atoms with E-state index in [9.17, 15) is 0 Å². The number of hydrogen-bond acceptors (Lipinski definition) is 2. The van der Waals surface area contributed by atoms with E-state index in [0.717, 1.165) is 24.2 Å². The molecule has 0 spiro atoms. The summed E-state index contributed by atoms with van der Waals surface area (Å²) < 4.78 is 6.11. The Kier molecular flexibility index (Phi) is 4.06. The van der Waals surface area contributed by atoms with E-state index in [1.807, 2.05) is 18.2 Å². The highest BCUT2D eigenvalue weighted by molar-refractivity contribution is 5.66. The first-order chi connectivity index (χ1) is 11.8. The summed E-state index contributed by atoms with van der Waals surface area (Å²) in [6, 6.07) is 25.0. The molecule has 0 aliphatic carbocycles. The number of rotatable bonds is 4. The second-order valence-corrected chi connectivity index (χ2v) is 6.31. The van der Waals surface area contributed by atoms with E-state index >= 15 is 0 Å². The van der Waals surface area contributed by atoms with Gasteiger partial charge in [0, 0.05) is 12.8 Å². The third-order valence-corrected chi connectivity index (χ3v) is 4.58. The Morgan fingerprint density at radius 2 is 1.58 bits per heavy atom. The molecule has 2 heteroatoms. The van der Waals surface area contributed by atoms with Crippen LogP contribution in [0.5, 0.6) is 5.75 Å². The van der Waals surface area contributed by atoms with Crippen molar-refractivity contribution in [3.05, 3.63) is 89.5 Å². The molecule has 1 aliphatic rings. The highest BCUT2D eigenvalue weighted by Crippen LogP contribution is 2.34. The van der Waals surface area contributed by atoms with Gasteiger partial charge in [0.15, 0.2) is 0 Å². The van der Waals surface area contributed by atoms with Gasteiger partial charge in [-0.1, -0.05) is 60.7 Å². The van der Waals surface area contributed by atoms with Crippen LogP contribution in [0.1, 0.15) is 16.7 Å². The summed E-state index contributed by atoms with van der Waals surface area (Å²) >= 11 is 0. The first kappa shape index (κ1) is 15.0. The predicted octanol–water partition coefficient (Wildman–Crippen LogP) is 4.39. The molecule has 1 atom stereocenters. The van der Waals surface area contributed by atoms with E-state index in [1.54, 1.807) is 0 Å². The lowest BCUT2D eigenvalue weighted by atomic mass is 9.98. The first-order valence-corrected chi connectivity index (χ1v) is 8.35. The van der Waals surface area contributed by atoms with Gasteiger partial charge in [-0.2, -0.15) is 0 Å². The fourth-order valence-corrected chi connectivity index (χ4v) is 3.29. The molecule has 1 unspecified atom stereocenters. The third kappa shape index (κ3) is 3.06. The highest BCUT2D eigenvalue weighted by atomic mass is 16.5. The van der Waals surface area contributed by atoms with Crippen molar-refractivity contribution < 1.29 is 9.84 Å². The lowest BCUT2D eigenvalue weighted by molar-refractivity contribution is 0.233. The van der Waals surface area contributed by atoms with E-state index in [0.29, 0.717) is 0 Å². The van der Waals surface area contributed by atoms with E-state index in [2.05, 4.69) is 54.6 Å². The van der Waals surface area contributed by atoms with Crippen LogP contribution in [0.2, 0.25) is 0 Å². The van der Waals surface area contributed by atoms with Crippen LogP contribution in [0.4, 0.5) is 0 Å². The molecule has 2 nitrogen and oxygen atoms in total. The molecule has 0 saturated heterocycles. The minimum Gasteiger partial charge on any atom is -0.489 e. The maximum Gasteiger partial charge on any atom is 0.123 e. The Morgan fingerprint density at radius 3 is 2.33 bits per heavy atom. The summed E-state index contributed by atoms with van der Waals surface area (Å²) in [5.74, 6) is 1.01. The zero-order valence-electron chi connectivity index (χ0n) is 13.5. The van der Waals surface area contributed by atoms with Crippen LogP contribution in [0.25, 0.3) is 11.1 Å². The molecule has 1 aliphatic heterocycles. The van der Waals surface area contributed by atoms with Crippen LogP contribution < -0.4 is 4.74 Å². The van der Waals surface area contributed by atoms with Crippen LogP contribution in [-0.4, -0.2) is 11.2 Å². The summed E-state index contributed by atoms with van der Waals surface area (Å²) in [7, 11) is 0. The molecule has 3 aromatic rings. The van der Waals surface area contributed by atoms with Crippen LogP contribution in [0, 0.1) is 0 Å². The average Bonchev–Trinajstić information content (AvgIpc) is 3.04. The fourth-order valence-electron chi connectivity index (χ4n) is 3.29. The summed E-state index contributed by atoms with van der Waals surface area (Å²) in [5.41, 5.74) is 5.89. The van der Waals surface area contributed by atoms with Crippen LogP contribution in [0.3, 0.4) is 0 Å². The molecule has 24 heavy (non-hydrogen) atoms. The van der Waals surface area contributed by atoms with E-state index < -0.39 is 0 Å². The SMILES string of the molecule is OCc1ccc(-c2ccc3c(c2)CC(Cc2ccccc2)O3)cc1. The first-order valence-electron chi connectivity index (χ1n) is 8.35. The van der Waals surface area contributed by atoms with E-state index in [-0.39, 0.29) is 12.7 Å². The maximum absolute atomic E-state index is 9.16. The van der Waals surface area contributed by atoms with Crippen LogP contribution >= 0.6 is 0 Å². The summed E-state index contributed by atoms with van der Waals surface area (Å²) in [6.07, 6.45) is 2.11. The molecule has 0 fully saturated rings. The zero-order chi connectivity index (χ0) is 16.4. The van der Waals surface area contributed by atoms with Gasteiger partial charge in [-0.05, 0) is 39.9 Å². The van der Waals surface area contributed by atoms with Gasteiger partial charge < -0.3 is 9.84 Å². The topological polar surface area (TPSA) is 29.5 Å². The van der Waals surface area contributed by atoms with Gasteiger partial charge in [-0.25, -0.2) is 0 Å². The van der Waals surface area contributed by atoms with Crippen LogP contribution in [-0.2, 0) is 19.4 Å². The quantitative estimate of drug-likeness (QED) is 0.773. The lowest BCUT2D eigenvalue weighted by Crippen LogP contribution is -2.16. The summed E-state index contributed by atoms with van der Waals surface area (Å²) in [5, 5.41) is 9.16. The number of aliphatic hydroxyl groups excluding tert-OH is 1. The van der Waals surface area contributed by atoms with E-state index in [1.165, 1.54) is 22.3 Å². The molecule has 0 amide bonds. The number of hydrogen-bond donors (Lipinski definition) is 1. The van der Waals surface area contributed by atoms with Crippen molar-refractivity contribution in [3.8, 4) is 16.9 Å². The number of benzene rings is 3. The lowest BCUT2D eigenvalue weighted by Gasteiger charge is -2.10. The van der Waals surface area contributed by atoms with Crippen LogP contribution in [0.15, 0.2) is 72.8 Å². The molecule has 0 radical (unpaired) electrons. The Bertz CT molecular complexity index is 822. The predicted molar refractivity (Wildman–Crippen MR) is 96.1 cm³/mol. The minimum absolute atomic E-state index is 0.0828. The molecule has 0 aromatic heterocycles. The molecule has 1 heterocycles. The fraction of sp³-hybridized carbons (Fsp3) is 0.182. The average molecular weight is 316 g/mol. The minimum atomic E-state index is 0.0828. The summed E-state index contributed by atoms with van der Waals surface area (Å²) in [6.45, 7) is 0.0828. The van der Waals surface area contributed by atoms with Crippen molar-refractivity contribution in [1.82, 2.24) is 0 Å². The summed E-state index contributed by atoms with van der Waals surface area (Å²) in [4.78, 5) is 0. The molecule has 120 valence electrons. The molecule has 1 N–H and O–H groups in total.